The van der Waals surface area contributed by atoms with Gasteiger partial charge >= 0.3 is 0 Å². The van der Waals surface area contributed by atoms with Crippen molar-refractivity contribution in [2.75, 3.05) is 32.0 Å². The zero-order valence-electron chi connectivity index (χ0n) is 30.1. The van der Waals surface area contributed by atoms with E-state index in [1.807, 2.05) is 49.2 Å². The predicted octanol–water partition coefficient (Wildman–Crippen LogP) is 4.35. The maximum Gasteiger partial charge on any atom is 0.272 e. The number of benzene rings is 2. The van der Waals surface area contributed by atoms with Gasteiger partial charge in [0.25, 0.3) is 11.8 Å². The molecule has 4 aromatic rings. The van der Waals surface area contributed by atoms with E-state index >= 15 is 0 Å². The van der Waals surface area contributed by atoms with Crippen LogP contribution in [0.15, 0.2) is 67.2 Å². The molecule has 2 aromatic carbocycles. The lowest BCUT2D eigenvalue weighted by atomic mass is 9.81. The Morgan fingerprint density at radius 2 is 1.73 bits per heavy atom. The number of aromatic nitrogens is 5. The van der Waals surface area contributed by atoms with Crippen LogP contribution >= 0.6 is 0 Å². The minimum absolute atomic E-state index is 0.0893. The van der Waals surface area contributed by atoms with Gasteiger partial charge < -0.3 is 26.6 Å². The quantitative estimate of drug-likeness (QED) is 0.143. The van der Waals surface area contributed by atoms with E-state index in [9.17, 15) is 14.4 Å². The van der Waals surface area contributed by atoms with E-state index in [-0.39, 0.29) is 23.3 Å². The molecule has 1 aliphatic carbocycles. The van der Waals surface area contributed by atoms with Crippen molar-refractivity contribution in [2.45, 2.75) is 64.0 Å². The number of nitrogens with one attached hydrogen (secondary N) is 4. The summed E-state index contributed by atoms with van der Waals surface area (Å²) in [6.45, 7) is 10.6. The van der Waals surface area contributed by atoms with Crippen LogP contribution in [0.2, 0.25) is 0 Å². The number of pyridine rings is 1. The fourth-order valence-corrected chi connectivity index (χ4v) is 7.39. The third-order valence-electron chi connectivity index (χ3n) is 11.0. The zero-order chi connectivity index (χ0) is 36.8. The van der Waals surface area contributed by atoms with Gasteiger partial charge in [0, 0.05) is 42.0 Å². The molecule has 2 aliphatic rings. The van der Waals surface area contributed by atoms with Crippen molar-refractivity contribution in [1.82, 2.24) is 41.1 Å². The van der Waals surface area contributed by atoms with Crippen molar-refractivity contribution >= 4 is 29.0 Å². The van der Waals surface area contributed by atoms with E-state index in [1.165, 1.54) is 0 Å². The van der Waals surface area contributed by atoms with E-state index in [2.05, 4.69) is 50.1 Å². The maximum atomic E-state index is 13.9. The summed E-state index contributed by atoms with van der Waals surface area (Å²) in [6.07, 6.45) is 5.01. The molecule has 13 heteroatoms. The van der Waals surface area contributed by atoms with Gasteiger partial charge in [-0.15, -0.1) is 10.2 Å². The summed E-state index contributed by atoms with van der Waals surface area (Å²) < 4.78 is 0. The standard InChI is InChI=1S/C39H48N10O3/c1-5-39(20-21-41-23-39)49(4)38(52)33-19-18-32(25(3)42-33)28-12-10-27(11-13-28)24(2)34(44-36(50)30-8-6-26(22-40)7-9-30)37(51)43-31-16-14-29(15-17-31)35-45-47-48-46-35/h10-19,26,30,34,41H,2,5-9,20-23,40H2,1,3-4H3,(H,43,51)(H,44,50)(H,45,46,47,48)/t26?,30?,34-,39-/m0/s1. The molecule has 2 atom stereocenters. The molecule has 0 bridgehead atoms. The van der Waals surface area contributed by atoms with Crippen LogP contribution in [0.3, 0.4) is 0 Å². The van der Waals surface area contributed by atoms with Gasteiger partial charge in [-0.25, -0.2) is 4.98 Å². The lowest BCUT2D eigenvalue weighted by Crippen LogP contribution is -2.50. The first-order valence-electron chi connectivity index (χ1n) is 18.0. The first-order valence-corrected chi connectivity index (χ1v) is 18.0. The smallest absolute Gasteiger partial charge is 0.272 e. The maximum absolute atomic E-state index is 13.9. The van der Waals surface area contributed by atoms with Crippen LogP contribution < -0.4 is 21.7 Å². The molecule has 1 saturated heterocycles. The zero-order valence-corrected chi connectivity index (χ0v) is 30.1. The Morgan fingerprint density at radius 3 is 2.33 bits per heavy atom. The number of amides is 3. The number of nitrogens with two attached hydrogens (primary N) is 1. The molecule has 6 N–H and O–H groups in total. The Hall–Kier alpha value is -5.27. The van der Waals surface area contributed by atoms with Crippen molar-refractivity contribution in [1.29, 1.82) is 0 Å². The van der Waals surface area contributed by atoms with E-state index in [1.54, 1.807) is 30.3 Å². The van der Waals surface area contributed by atoms with Gasteiger partial charge in [0.15, 0.2) is 0 Å². The van der Waals surface area contributed by atoms with Crippen molar-refractivity contribution in [3.8, 4) is 22.5 Å². The summed E-state index contributed by atoms with van der Waals surface area (Å²) in [5, 5.41) is 23.4. The lowest BCUT2D eigenvalue weighted by molar-refractivity contribution is -0.129. The van der Waals surface area contributed by atoms with Gasteiger partial charge in [0.05, 0.1) is 5.54 Å². The van der Waals surface area contributed by atoms with Crippen molar-refractivity contribution in [3.63, 3.8) is 0 Å². The van der Waals surface area contributed by atoms with Gasteiger partial charge in [-0.05, 0) is 117 Å². The summed E-state index contributed by atoms with van der Waals surface area (Å²) >= 11 is 0. The van der Waals surface area contributed by atoms with Crippen molar-refractivity contribution < 1.29 is 14.4 Å². The van der Waals surface area contributed by atoms with Crippen LogP contribution in [0.4, 0.5) is 5.69 Å². The van der Waals surface area contributed by atoms with Gasteiger partial charge in [-0.1, -0.05) is 43.8 Å². The monoisotopic (exact) mass is 704 g/mol. The Balaban J connectivity index is 1.19. The second-order valence-corrected chi connectivity index (χ2v) is 14.0. The highest BCUT2D eigenvalue weighted by Crippen LogP contribution is 2.31. The first-order chi connectivity index (χ1) is 25.1. The van der Waals surface area contributed by atoms with Gasteiger partial charge in [-0.2, -0.15) is 5.21 Å². The number of carbonyl (C=O) groups is 3. The molecule has 2 fully saturated rings. The number of rotatable bonds is 12. The molecule has 52 heavy (non-hydrogen) atoms. The fraction of sp³-hybridized carbons (Fsp3) is 0.410. The molecule has 3 amide bonds. The lowest BCUT2D eigenvalue weighted by Gasteiger charge is -2.37. The van der Waals surface area contributed by atoms with Gasteiger partial charge in [0.2, 0.25) is 11.7 Å². The summed E-state index contributed by atoms with van der Waals surface area (Å²) in [6, 6.07) is 17.4. The summed E-state index contributed by atoms with van der Waals surface area (Å²) in [4.78, 5) is 47.4. The average molecular weight is 705 g/mol. The summed E-state index contributed by atoms with van der Waals surface area (Å²) in [5.74, 6) is -0.00459. The molecular formula is C39H48N10O3. The van der Waals surface area contributed by atoms with Crippen LogP contribution in [0.1, 0.15) is 67.2 Å². The molecule has 1 saturated carbocycles. The number of aromatic amines is 1. The number of likely N-dealkylation sites (N-methyl/N-ethyl adjacent to an activating group) is 1. The molecule has 6 rings (SSSR count). The SMILES string of the molecule is C=C(c1ccc(-c2ccc(C(=O)N(C)[C@@]3(CC)CCNC3)nc2C)cc1)[C@H](NC(=O)C1CCC(CN)CC1)C(=O)Nc1ccc(-c2nn[nH]n2)cc1. The molecule has 2 aromatic heterocycles. The average Bonchev–Trinajstić information content (AvgIpc) is 3.91. The van der Waals surface area contributed by atoms with Crippen LogP contribution in [0, 0.1) is 18.8 Å². The summed E-state index contributed by atoms with van der Waals surface area (Å²) in [7, 11) is 1.87. The molecule has 0 spiro atoms. The highest BCUT2D eigenvalue weighted by atomic mass is 16.2. The second-order valence-electron chi connectivity index (χ2n) is 14.0. The number of H-pyrrole nitrogens is 1. The fourth-order valence-electron chi connectivity index (χ4n) is 7.39. The Labute approximate surface area is 304 Å². The van der Waals surface area contributed by atoms with Crippen molar-refractivity contribution in [2.24, 2.45) is 17.6 Å². The van der Waals surface area contributed by atoms with Gasteiger partial charge in [0.1, 0.15) is 11.7 Å². The Bertz CT molecular complexity index is 1880. The third kappa shape index (κ3) is 7.80. The molecule has 1 aliphatic heterocycles. The number of hydrogen-bond donors (Lipinski definition) is 5. The number of nitrogens with zero attached hydrogens (tertiary/aromatic N) is 5. The minimum atomic E-state index is -1.02. The topological polar surface area (TPSA) is 184 Å². The van der Waals surface area contributed by atoms with Crippen LogP contribution in [-0.2, 0) is 9.59 Å². The number of carbonyl (C=O) groups excluding carboxylic acids is 3. The van der Waals surface area contributed by atoms with Crippen LogP contribution in [0.25, 0.3) is 28.1 Å². The third-order valence-corrected chi connectivity index (χ3v) is 11.0. The van der Waals surface area contributed by atoms with E-state index in [0.717, 1.165) is 74.0 Å². The highest BCUT2D eigenvalue weighted by Gasteiger charge is 2.39. The molecular weight excluding hydrogens is 656 g/mol. The van der Waals surface area contributed by atoms with Crippen LogP contribution in [0.5, 0.6) is 0 Å². The number of anilines is 1. The predicted molar refractivity (Wildman–Crippen MR) is 201 cm³/mol. The molecule has 13 nitrogen and oxygen atoms in total. The number of aryl methyl sites for hydroxylation is 1. The molecule has 0 unspecified atom stereocenters. The molecule has 3 heterocycles. The minimum Gasteiger partial charge on any atom is -0.340 e. The first kappa shape index (κ1) is 36.5. The largest absolute Gasteiger partial charge is 0.340 e. The second kappa shape index (κ2) is 16.0. The van der Waals surface area contributed by atoms with E-state index in [4.69, 9.17) is 10.7 Å². The van der Waals surface area contributed by atoms with Crippen molar-refractivity contribution in [3.05, 3.63) is 84.2 Å². The Morgan fingerprint density at radius 1 is 1.02 bits per heavy atom. The molecule has 0 radical (unpaired) electrons. The van der Waals surface area contributed by atoms with Gasteiger partial charge in [-0.3, -0.25) is 14.4 Å². The highest BCUT2D eigenvalue weighted by molar-refractivity contribution is 6.05. The molecule has 272 valence electrons. The van der Waals surface area contributed by atoms with E-state index < -0.39 is 11.9 Å². The Kier molecular flexibility index (Phi) is 11.2. The van der Waals surface area contributed by atoms with Crippen LogP contribution in [-0.4, -0.2) is 86.5 Å². The van der Waals surface area contributed by atoms with E-state index in [0.29, 0.717) is 40.8 Å². The number of tetrazole rings is 1. The normalized spacial score (nSPS) is 20.5. The summed E-state index contributed by atoms with van der Waals surface area (Å²) in [5.41, 5.74) is 11.1. The number of hydrogen-bond acceptors (Lipinski definition) is 9.